The van der Waals surface area contributed by atoms with Crippen LogP contribution in [0.25, 0.3) is 0 Å². The molecule has 0 aromatic heterocycles. The Morgan fingerprint density at radius 2 is 2.06 bits per heavy atom. The summed E-state index contributed by atoms with van der Waals surface area (Å²) >= 11 is 0. The van der Waals surface area contributed by atoms with Gasteiger partial charge in [0.2, 0.25) is 0 Å². The summed E-state index contributed by atoms with van der Waals surface area (Å²) in [7, 11) is 2.23. The molecule has 0 saturated carbocycles. The van der Waals surface area contributed by atoms with Crippen LogP contribution in [-0.2, 0) is 6.42 Å². The molecule has 3 heteroatoms. The van der Waals surface area contributed by atoms with Crippen LogP contribution in [0.1, 0.15) is 12.5 Å². The van der Waals surface area contributed by atoms with Gasteiger partial charge in [-0.15, -0.1) is 0 Å². The molecule has 0 radical (unpaired) electrons. The molecule has 0 spiro atoms. The Balaban J connectivity index is 1.69. The van der Waals surface area contributed by atoms with Gasteiger partial charge in [0.05, 0.1) is 0 Å². The highest BCUT2D eigenvalue weighted by Crippen LogP contribution is 2.24. The number of nitrogens with one attached hydrogen (secondary N) is 1. The van der Waals surface area contributed by atoms with Gasteiger partial charge in [-0.1, -0.05) is 18.2 Å². The average Bonchev–Trinajstić information content (AvgIpc) is 2.41. The van der Waals surface area contributed by atoms with E-state index in [1.54, 1.807) is 0 Å². The number of benzene rings is 1. The molecule has 2 atom stereocenters. The lowest BCUT2D eigenvalue weighted by Crippen LogP contribution is -2.56. The molecule has 98 valence electrons. The number of fused-ring (bicyclic) bond motifs is 1. The van der Waals surface area contributed by atoms with Crippen LogP contribution in [0.4, 0.5) is 5.69 Å². The molecule has 1 aromatic rings. The first kappa shape index (κ1) is 12.0. The molecule has 0 aliphatic carbocycles. The first-order chi connectivity index (χ1) is 8.74. The molecule has 1 fully saturated rings. The molecule has 1 aromatic carbocycles. The van der Waals surface area contributed by atoms with E-state index < -0.39 is 0 Å². The van der Waals surface area contributed by atoms with Crippen molar-refractivity contribution in [2.45, 2.75) is 25.4 Å². The predicted molar refractivity (Wildman–Crippen MR) is 76.1 cm³/mol. The Kier molecular flexibility index (Phi) is 3.27. The van der Waals surface area contributed by atoms with Crippen molar-refractivity contribution in [3.8, 4) is 0 Å². The minimum absolute atomic E-state index is 0.663. The molecule has 2 aliphatic heterocycles. The van der Waals surface area contributed by atoms with Crippen LogP contribution in [0.2, 0.25) is 0 Å². The third-order valence-corrected chi connectivity index (χ3v) is 4.51. The monoisotopic (exact) mass is 245 g/mol. The van der Waals surface area contributed by atoms with Crippen LogP contribution in [0.5, 0.6) is 0 Å². The second-order valence-electron chi connectivity index (χ2n) is 5.72. The van der Waals surface area contributed by atoms with Crippen LogP contribution in [0.3, 0.4) is 0 Å². The van der Waals surface area contributed by atoms with Crippen molar-refractivity contribution in [3.05, 3.63) is 29.8 Å². The first-order valence-electron chi connectivity index (χ1n) is 7.00. The maximum Gasteiger partial charge on any atom is 0.0373 e. The topological polar surface area (TPSA) is 18.5 Å². The van der Waals surface area contributed by atoms with Crippen LogP contribution in [-0.4, -0.2) is 55.1 Å². The lowest BCUT2D eigenvalue weighted by Gasteiger charge is -2.43. The molecule has 0 amide bonds. The first-order valence-corrected chi connectivity index (χ1v) is 7.00. The van der Waals surface area contributed by atoms with Crippen LogP contribution in [0, 0.1) is 0 Å². The molecule has 3 rings (SSSR count). The molecule has 2 aliphatic rings. The second-order valence-corrected chi connectivity index (χ2v) is 5.72. The number of likely N-dealkylation sites (N-methyl/N-ethyl adjacent to an activating group) is 1. The van der Waals surface area contributed by atoms with E-state index in [-0.39, 0.29) is 0 Å². The van der Waals surface area contributed by atoms with Crippen molar-refractivity contribution >= 4 is 5.69 Å². The largest absolute Gasteiger partial charge is 0.383 e. The van der Waals surface area contributed by atoms with E-state index in [0.717, 1.165) is 6.54 Å². The van der Waals surface area contributed by atoms with E-state index in [1.807, 2.05) is 0 Å². The lowest BCUT2D eigenvalue weighted by atomic mass is 9.97. The standard InChI is InChI=1S/C15H23N3/c1-12-11-18(8-7-17(12)2)14-9-13-5-3-4-6-15(13)16-10-14/h3-6,12,14,16H,7-11H2,1-2H3. The summed E-state index contributed by atoms with van der Waals surface area (Å²) in [4.78, 5) is 5.12. The van der Waals surface area contributed by atoms with E-state index in [0.29, 0.717) is 12.1 Å². The summed E-state index contributed by atoms with van der Waals surface area (Å²) in [5.74, 6) is 0. The van der Waals surface area contributed by atoms with Gasteiger partial charge in [-0.3, -0.25) is 4.90 Å². The number of hydrogen-bond acceptors (Lipinski definition) is 3. The van der Waals surface area contributed by atoms with Gasteiger partial charge in [-0.05, 0) is 32.0 Å². The van der Waals surface area contributed by atoms with Crippen molar-refractivity contribution in [1.29, 1.82) is 0 Å². The summed E-state index contributed by atoms with van der Waals surface area (Å²) in [6, 6.07) is 10.1. The highest BCUT2D eigenvalue weighted by molar-refractivity contribution is 5.53. The Bertz CT molecular complexity index is 418. The van der Waals surface area contributed by atoms with Gasteiger partial charge >= 0.3 is 0 Å². The fraction of sp³-hybridized carbons (Fsp3) is 0.600. The van der Waals surface area contributed by atoms with Crippen LogP contribution < -0.4 is 5.32 Å². The maximum absolute atomic E-state index is 3.58. The molecule has 1 N–H and O–H groups in total. The molecule has 2 heterocycles. The maximum atomic E-state index is 3.58. The molecule has 2 unspecified atom stereocenters. The SMILES string of the molecule is CC1CN(C2CNc3ccccc3C2)CCN1C. The normalized spacial score (nSPS) is 29.7. The summed E-state index contributed by atoms with van der Waals surface area (Å²) in [6.45, 7) is 7.02. The van der Waals surface area contributed by atoms with Gasteiger partial charge in [-0.2, -0.15) is 0 Å². The van der Waals surface area contributed by atoms with Gasteiger partial charge < -0.3 is 10.2 Å². The van der Waals surface area contributed by atoms with E-state index in [4.69, 9.17) is 0 Å². The van der Waals surface area contributed by atoms with Gasteiger partial charge in [0, 0.05) is 44.0 Å². The molecule has 1 saturated heterocycles. The Labute approximate surface area is 110 Å². The fourth-order valence-corrected chi connectivity index (χ4v) is 3.09. The quantitative estimate of drug-likeness (QED) is 0.812. The molecule has 0 bridgehead atoms. The van der Waals surface area contributed by atoms with Crippen molar-refractivity contribution in [1.82, 2.24) is 9.80 Å². The highest BCUT2D eigenvalue weighted by atomic mass is 15.3. The van der Waals surface area contributed by atoms with E-state index >= 15 is 0 Å². The molecule has 18 heavy (non-hydrogen) atoms. The smallest absolute Gasteiger partial charge is 0.0373 e. The summed E-state index contributed by atoms with van der Waals surface area (Å²) in [5.41, 5.74) is 2.80. The number of nitrogens with zero attached hydrogens (tertiary/aromatic N) is 2. The second kappa shape index (κ2) is 4.90. The van der Waals surface area contributed by atoms with E-state index in [2.05, 4.69) is 53.4 Å². The number of hydrogen-bond donors (Lipinski definition) is 1. The van der Waals surface area contributed by atoms with E-state index in [1.165, 1.54) is 37.3 Å². The van der Waals surface area contributed by atoms with Crippen LogP contribution >= 0.6 is 0 Å². The molecular weight excluding hydrogens is 222 g/mol. The third-order valence-electron chi connectivity index (χ3n) is 4.51. The van der Waals surface area contributed by atoms with Crippen LogP contribution in [0.15, 0.2) is 24.3 Å². The van der Waals surface area contributed by atoms with Crippen molar-refractivity contribution in [2.75, 3.05) is 38.5 Å². The molecular formula is C15H23N3. The van der Waals surface area contributed by atoms with Crippen molar-refractivity contribution < 1.29 is 0 Å². The number of para-hydroxylation sites is 1. The number of piperazine rings is 1. The number of rotatable bonds is 1. The minimum Gasteiger partial charge on any atom is -0.383 e. The third kappa shape index (κ3) is 2.25. The zero-order valence-electron chi connectivity index (χ0n) is 11.4. The summed E-state index contributed by atoms with van der Waals surface area (Å²) in [5, 5.41) is 3.58. The lowest BCUT2D eigenvalue weighted by molar-refractivity contribution is 0.0747. The Morgan fingerprint density at radius 3 is 2.89 bits per heavy atom. The Hall–Kier alpha value is -1.06. The van der Waals surface area contributed by atoms with Crippen molar-refractivity contribution in [2.24, 2.45) is 0 Å². The van der Waals surface area contributed by atoms with E-state index in [9.17, 15) is 0 Å². The van der Waals surface area contributed by atoms with Crippen molar-refractivity contribution in [3.63, 3.8) is 0 Å². The predicted octanol–water partition coefficient (Wildman–Crippen LogP) is 1.66. The Morgan fingerprint density at radius 1 is 1.22 bits per heavy atom. The summed E-state index contributed by atoms with van der Waals surface area (Å²) in [6.07, 6.45) is 1.19. The van der Waals surface area contributed by atoms with Gasteiger partial charge in [0.15, 0.2) is 0 Å². The average molecular weight is 245 g/mol. The zero-order valence-corrected chi connectivity index (χ0v) is 11.4. The number of anilines is 1. The summed E-state index contributed by atoms with van der Waals surface area (Å²) < 4.78 is 0. The zero-order chi connectivity index (χ0) is 12.5. The highest BCUT2D eigenvalue weighted by Gasteiger charge is 2.28. The molecule has 3 nitrogen and oxygen atoms in total. The van der Waals surface area contributed by atoms with Gasteiger partial charge in [0.25, 0.3) is 0 Å². The van der Waals surface area contributed by atoms with Gasteiger partial charge in [0.1, 0.15) is 0 Å². The van der Waals surface area contributed by atoms with Gasteiger partial charge in [-0.25, -0.2) is 0 Å². The fourth-order valence-electron chi connectivity index (χ4n) is 3.09. The minimum atomic E-state index is 0.663.